The lowest BCUT2D eigenvalue weighted by Gasteiger charge is -2.11. The van der Waals surface area contributed by atoms with Crippen molar-refractivity contribution in [2.75, 3.05) is 5.32 Å². The van der Waals surface area contributed by atoms with Crippen LogP contribution < -0.4 is 5.32 Å². The van der Waals surface area contributed by atoms with Crippen molar-refractivity contribution in [3.63, 3.8) is 0 Å². The van der Waals surface area contributed by atoms with Gasteiger partial charge in [-0.2, -0.15) is 0 Å². The predicted molar refractivity (Wildman–Crippen MR) is 57.8 cm³/mol. The van der Waals surface area contributed by atoms with Crippen molar-refractivity contribution < 1.29 is 0 Å². The molecule has 1 aromatic rings. The summed E-state index contributed by atoms with van der Waals surface area (Å²) in [5.41, 5.74) is 0.786. The fourth-order valence-electron chi connectivity index (χ4n) is 0.933. The molecule has 0 aromatic carbocycles. The number of aryl methyl sites for hydroxylation is 1. The number of halogens is 2. The number of hydrogen-bond donors (Lipinski definition) is 1. The SMILES string of the molecule is Cc1nc(NC(C)C)c(Cl)cc1Cl. The molecule has 0 aliphatic rings. The van der Waals surface area contributed by atoms with Gasteiger partial charge < -0.3 is 5.32 Å². The standard InChI is InChI=1S/C9H12Cl2N2/c1-5(2)12-9-8(11)4-7(10)6(3)13-9/h4-5H,1-3H3,(H,12,13). The van der Waals surface area contributed by atoms with E-state index in [9.17, 15) is 0 Å². The summed E-state index contributed by atoms with van der Waals surface area (Å²) in [6.45, 7) is 5.91. The van der Waals surface area contributed by atoms with Crippen LogP contribution in [0.3, 0.4) is 0 Å². The first-order valence-electron chi connectivity index (χ1n) is 4.10. The fraction of sp³-hybridized carbons (Fsp3) is 0.444. The number of pyridine rings is 1. The third-order valence-corrected chi connectivity index (χ3v) is 2.20. The predicted octanol–water partition coefficient (Wildman–Crippen LogP) is 3.52. The highest BCUT2D eigenvalue weighted by Gasteiger charge is 2.06. The van der Waals surface area contributed by atoms with E-state index in [-0.39, 0.29) is 0 Å². The Hall–Kier alpha value is -0.470. The highest BCUT2D eigenvalue weighted by molar-refractivity contribution is 6.36. The van der Waals surface area contributed by atoms with E-state index in [4.69, 9.17) is 23.2 Å². The molecule has 0 unspecified atom stereocenters. The molecule has 1 N–H and O–H groups in total. The molecule has 1 aromatic heterocycles. The zero-order valence-electron chi connectivity index (χ0n) is 7.86. The minimum absolute atomic E-state index is 0.311. The van der Waals surface area contributed by atoms with Gasteiger partial charge in [0.05, 0.1) is 15.7 Å². The molecule has 1 heterocycles. The highest BCUT2D eigenvalue weighted by Crippen LogP contribution is 2.25. The van der Waals surface area contributed by atoms with Crippen molar-refractivity contribution in [1.29, 1.82) is 0 Å². The van der Waals surface area contributed by atoms with Crippen molar-refractivity contribution in [3.05, 3.63) is 21.8 Å². The minimum atomic E-state index is 0.311. The van der Waals surface area contributed by atoms with E-state index in [2.05, 4.69) is 10.3 Å². The van der Waals surface area contributed by atoms with Gasteiger partial charge in [-0.05, 0) is 26.8 Å². The van der Waals surface area contributed by atoms with Crippen LogP contribution in [0.5, 0.6) is 0 Å². The summed E-state index contributed by atoms with van der Waals surface area (Å²) in [6.07, 6.45) is 0. The molecule has 0 fully saturated rings. The van der Waals surface area contributed by atoms with Crippen LogP contribution in [0.1, 0.15) is 19.5 Å². The number of rotatable bonds is 2. The van der Waals surface area contributed by atoms with Gasteiger partial charge in [-0.15, -0.1) is 0 Å². The minimum Gasteiger partial charge on any atom is -0.367 e. The van der Waals surface area contributed by atoms with E-state index in [1.165, 1.54) is 0 Å². The molecular formula is C9H12Cl2N2. The Labute approximate surface area is 88.3 Å². The summed E-state index contributed by atoms with van der Waals surface area (Å²) in [6, 6.07) is 2.02. The van der Waals surface area contributed by atoms with Crippen LogP contribution in [0.15, 0.2) is 6.07 Å². The van der Waals surface area contributed by atoms with Gasteiger partial charge in [0.15, 0.2) is 0 Å². The van der Waals surface area contributed by atoms with Gasteiger partial charge in [0.25, 0.3) is 0 Å². The van der Waals surface area contributed by atoms with Crippen molar-refractivity contribution in [1.82, 2.24) is 4.98 Å². The summed E-state index contributed by atoms with van der Waals surface area (Å²) in [5, 5.41) is 4.30. The fourth-order valence-corrected chi connectivity index (χ4v) is 1.35. The van der Waals surface area contributed by atoms with Gasteiger partial charge in [0.2, 0.25) is 0 Å². The zero-order chi connectivity index (χ0) is 10.0. The Balaban J connectivity index is 3.01. The second-order valence-electron chi connectivity index (χ2n) is 3.19. The van der Waals surface area contributed by atoms with Gasteiger partial charge in [0.1, 0.15) is 5.82 Å². The maximum absolute atomic E-state index is 5.94. The first-order valence-corrected chi connectivity index (χ1v) is 4.85. The molecule has 0 spiro atoms. The molecule has 0 atom stereocenters. The first kappa shape index (κ1) is 10.6. The normalized spacial score (nSPS) is 10.6. The van der Waals surface area contributed by atoms with Crippen LogP contribution in [0, 0.1) is 6.92 Å². The summed E-state index contributed by atoms with van der Waals surface area (Å²) in [7, 11) is 0. The zero-order valence-corrected chi connectivity index (χ0v) is 9.37. The molecule has 2 nitrogen and oxygen atoms in total. The second kappa shape index (κ2) is 4.16. The van der Waals surface area contributed by atoms with Crippen molar-refractivity contribution in [3.8, 4) is 0 Å². The van der Waals surface area contributed by atoms with Gasteiger partial charge in [0, 0.05) is 6.04 Å². The van der Waals surface area contributed by atoms with Crippen molar-refractivity contribution in [2.24, 2.45) is 0 Å². The van der Waals surface area contributed by atoms with Crippen molar-refractivity contribution in [2.45, 2.75) is 26.8 Å². The number of anilines is 1. The van der Waals surface area contributed by atoms with Crippen molar-refractivity contribution >= 4 is 29.0 Å². The van der Waals surface area contributed by atoms with Crippen LogP contribution in [-0.4, -0.2) is 11.0 Å². The molecule has 0 aliphatic heterocycles. The Kier molecular flexibility index (Phi) is 3.40. The van der Waals surface area contributed by atoms with E-state index >= 15 is 0 Å². The number of hydrogen-bond acceptors (Lipinski definition) is 2. The van der Waals surface area contributed by atoms with E-state index in [1.807, 2.05) is 20.8 Å². The third-order valence-electron chi connectivity index (χ3n) is 1.53. The molecule has 0 saturated carbocycles. The highest BCUT2D eigenvalue weighted by atomic mass is 35.5. The molecule has 0 bridgehead atoms. The third kappa shape index (κ3) is 2.75. The molecule has 4 heteroatoms. The molecule has 72 valence electrons. The van der Waals surface area contributed by atoms with Crippen LogP contribution in [0.25, 0.3) is 0 Å². The Morgan fingerprint density at radius 3 is 2.46 bits per heavy atom. The van der Waals surface area contributed by atoms with Gasteiger partial charge in [-0.1, -0.05) is 23.2 Å². The molecular weight excluding hydrogens is 207 g/mol. The molecule has 0 amide bonds. The lowest BCUT2D eigenvalue weighted by Crippen LogP contribution is -2.11. The number of nitrogens with one attached hydrogen (secondary N) is 1. The van der Waals surface area contributed by atoms with E-state index in [0.29, 0.717) is 21.9 Å². The first-order chi connectivity index (χ1) is 6.00. The topological polar surface area (TPSA) is 24.9 Å². The van der Waals surface area contributed by atoms with E-state index in [1.54, 1.807) is 6.07 Å². The average molecular weight is 219 g/mol. The van der Waals surface area contributed by atoms with Crippen LogP contribution in [-0.2, 0) is 0 Å². The maximum atomic E-state index is 5.94. The molecule has 0 saturated heterocycles. The second-order valence-corrected chi connectivity index (χ2v) is 4.00. The Morgan fingerprint density at radius 2 is 1.92 bits per heavy atom. The maximum Gasteiger partial charge on any atom is 0.145 e. The molecule has 0 radical (unpaired) electrons. The Morgan fingerprint density at radius 1 is 1.31 bits per heavy atom. The van der Waals surface area contributed by atoms with Gasteiger partial charge >= 0.3 is 0 Å². The molecule has 1 rings (SSSR count). The van der Waals surface area contributed by atoms with Gasteiger partial charge in [-0.25, -0.2) is 4.98 Å². The summed E-state index contributed by atoms with van der Waals surface area (Å²) in [4.78, 5) is 4.24. The largest absolute Gasteiger partial charge is 0.367 e. The number of aromatic nitrogens is 1. The summed E-state index contributed by atoms with van der Waals surface area (Å²) in [5.74, 6) is 0.693. The number of nitrogens with zero attached hydrogens (tertiary/aromatic N) is 1. The van der Waals surface area contributed by atoms with E-state index in [0.717, 1.165) is 5.69 Å². The summed E-state index contributed by atoms with van der Waals surface area (Å²) >= 11 is 11.8. The monoisotopic (exact) mass is 218 g/mol. The average Bonchev–Trinajstić information content (AvgIpc) is 1.99. The lowest BCUT2D eigenvalue weighted by molar-refractivity contribution is 0.887. The van der Waals surface area contributed by atoms with Crippen LogP contribution in [0.4, 0.5) is 5.82 Å². The lowest BCUT2D eigenvalue weighted by atomic mass is 10.3. The van der Waals surface area contributed by atoms with Crippen LogP contribution >= 0.6 is 23.2 Å². The molecule has 13 heavy (non-hydrogen) atoms. The Bertz CT molecular complexity index is 311. The van der Waals surface area contributed by atoms with E-state index < -0.39 is 0 Å². The summed E-state index contributed by atoms with van der Waals surface area (Å²) < 4.78 is 0. The van der Waals surface area contributed by atoms with Crippen LogP contribution in [0.2, 0.25) is 10.0 Å². The quantitative estimate of drug-likeness (QED) is 0.823. The van der Waals surface area contributed by atoms with Gasteiger partial charge in [-0.3, -0.25) is 0 Å². The smallest absolute Gasteiger partial charge is 0.145 e. The molecule has 0 aliphatic carbocycles.